The van der Waals surface area contributed by atoms with Crippen LogP contribution in [0.2, 0.25) is 0 Å². The summed E-state index contributed by atoms with van der Waals surface area (Å²) in [6.07, 6.45) is 2.36. The van der Waals surface area contributed by atoms with Gasteiger partial charge in [-0.2, -0.15) is 0 Å². The summed E-state index contributed by atoms with van der Waals surface area (Å²) in [7, 11) is 1.88. The maximum absolute atomic E-state index is 11.1. The molecule has 0 aliphatic heterocycles. The van der Waals surface area contributed by atoms with Crippen LogP contribution in [0.5, 0.6) is 0 Å². The Labute approximate surface area is 112 Å². The summed E-state index contributed by atoms with van der Waals surface area (Å²) in [5, 5.41) is 9.11. The van der Waals surface area contributed by atoms with Crippen molar-refractivity contribution in [1.29, 1.82) is 0 Å². The number of aromatic nitrogens is 1. The molecule has 1 aromatic carbocycles. The van der Waals surface area contributed by atoms with E-state index < -0.39 is 5.97 Å². The molecule has 0 saturated heterocycles. The van der Waals surface area contributed by atoms with Gasteiger partial charge in [0.05, 0.1) is 5.69 Å². The molecule has 4 nitrogen and oxygen atoms in total. The SMILES string of the molecule is CN(CCc1ccccc1)c1cccnc1C(=O)O. The molecule has 4 heteroatoms. The van der Waals surface area contributed by atoms with E-state index in [4.69, 9.17) is 5.11 Å². The van der Waals surface area contributed by atoms with E-state index in [9.17, 15) is 4.79 Å². The third-order valence-electron chi connectivity index (χ3n) is 2.98. The summed E-state index contributed by atoms with van der Waals surface area (Å²) in [4.78, 5) is 16.9. The fraction of sp³-hybridized carbons (Fsp3) is 0.200. The number of pyridine rings is 1. The van der Waals surface area contributed by atoms with Crippen molar-refractivity contribution in [3.63, 3.8) is 0 Å². The Bertz CT molecular complexity index is 555. The van der Waals surface area contributed by atoms with Crippen molar-refractivity contribution in [1.82, 2.24) is 4.98 Å². The monoisotopic (exact) mass is 256 g/mol. The van der Waals surface area contributed by atoms with Gasteiger partial charge >= 0.3 is 5.97 Å². The maximum Gasteiger partial charge on any atom is 0.356 e. The Balaban J connectivity index is 2.08. The molecule has 0 bridgehead atoms. The fourth-order valence-electron chi connectivity index (χ4n) is 1.93. The number of carboxylic acid groups (broad SMARTS) is 1. The number of anilines is 1. The lowest BCUT2D eigenvalue weighted by atomic mass is 10.1. The second kappa shape index (κ2) is 6.00. The van der Waals surface area contributed by atoms with Crippen molar-refractivity contribution < 1.29 is 9.90 Å². The summed E-state index contributed by atoms with van der Waals surface area (Å²) in [5.41, 5.74) is 1.97. The van der Waals surface area contributed by atoms with E-state index in [1.54, 1.807) is 12.1 Å². The number of hydrogen-bond donors (Lipinski definition) is 1. The van der Waals surface area contributed by atoms with Crippen LogP contribution in [0.25, 0.3) is 0 Å². The number of nitrogens with zero attached hydrogens (tertiary/aromatic N) is 2. The minimum Gasteiger partial charge on any atom is -0.476 e. The molecule has 0 radical (unpaired) electrons. The van der Waals surface area contributed by atoms with Crippen molar-refractivity contribution in [2.75, 3.05) is 18.5 Å². The highest BCUT2D eigenvalue weighted by Crippen LogP contribution is 2.17. The second-order valence-corrected chi connectivity index (χ2v) is 4.33. The van der Waals surface area contributed by atoms with Crippen molar-refractivity contribution in [2.24, 2.45) is 0 Å². The molecule has 0 amide bonds. The summed E-state index contributed by atoms with van der Waals surface area (Å²) in [6.45, 7) is 0.746. The molecule has 1 N–H and O–H groups in total. The Morgan fingerprint density at radius 2 is 1.95 bits per heavy atom. The van der Waals surface area contributed by atoms with Crippen LogP contribution in [0.3, 0.4) is 0 Å². The van der Waals surface area contributed by atoms with Crippen LogP contribution in [0.1, 0.15) is 16.1 Å². The maximum atomic E-state index is 11.1. The summed E-state index contributed by atoms with van der Waals surface area (Å²) in [5.74, 6) is -0.998. The molecule has 1 heterocycles. The molecule has 1 aromatic heterocycles. The number of rotatable bonds is 5. The van der Waals surface area contributed by atoms with E-state index in [1.165, 1.54) is 11.8 Å². The highest BCUT2D eigenvalue weighted by molar-refractivity contribution is 5.92. The minimum absolute atomic E-state index is 0.0954. The van der Waals surface area contributed by atoms with Gasteiger partial charge < -0.3 is 10.0 Å². The van der Waals surface area contributed by atoms with Crippen LogP contribution < -0.4 is 4.90 Å². The Morgan fingerprint density at radius 1 is 1.21 bits per heavy atom. The zero-order chi connectivity index (χ0) is 13.7. The molecule has 0 spiro atoms. The van der Waals surface area contributed by atoms with Gasteiger partial charge in [0.15, 0.2) is 5.69 Å². The topological polar surface area (TPSA) is 53.4 Å². The number of carbonyl (C=O) groups is 1. The van der Waals surface area contributed by atoms with Crippen molar-refractivity contribution in [3.8, 4) is 0 Å². The molecule has 0 atom stereocenters. The van der Waals surface area contributed by atoms with Crippen LogP contribution in [0, 0.1) is 0 Å². The van der Waals surface area contributed by atoms with Crippen molar-refractivity contribution in [2.45, 2.75) is 6.42 Å². The molecule has 98 valence electrons. The largest absolute Gasteiger partial charge is 0.476 e. The fourth-order valence-corrected chi connectivity index (χ4v) is 1.93. The molecule has 2 rings (SSSR count). The number of benzene rings is 1. The Morgan fingerprint density at radius 3 is 2.63 bits per heavy atom. The normalized spacial score (nSPS) is 10.2. The van der Waals surface area contributed by atoms with Crippen LogP contribution in [0.4, 0.5) is 5.69 Å². The average Bonchev–Trinajstić information content (AvgIpc) is 2.46. The molecular weight excluding hydrogens is 240 g/mol. The molecule has 19 heavy (non-hydrogen) atoms. The molecule has 2 aromatic rings. The molecular formula is C15H16N2O2. The predicted octanol–water partition coefficient (Wildman–Crippen LogP) is 2.46. The summed E-state index contributed by atoms with van der Waals surface area (Å²) < 4.78 is 0. The third kappa shape index (κ3) is 3.31. The number of aromatic carboxylic acids is 1. The zero-order valence-corrected chi connectivity index (χ0v) is 10.8. The van der Waals surface area contributed by atoms with Gasteiger partial charge in [-0.15, -0.1) is 0 Å². The van der Waals surface area contributed by atoms with Gasteiger partial charge in [0, 0.05) is 19.8 Å². The summed E-state index contributed by atoms with van der Waals surface area (Å²) >= 11 is 0. The first-order valence-electron chi connectivity index (χ1n) is 6.12. The lowest BCUT2D eigenvalue weighted by molar-refractivity contribution is 0.0691. The number of carboxylic acids is 1. The smallest absolute Gasteiger partial charge is 0.356 e. The minimum atomic E-state index is -0.998. The van der Waals surface area contributed by atoms with Crippen LogP contribution in [-0.4, -0.2) is 29.7 Å². The summed E-state index contributed by atoms with van der Waals surface area (Å²) in [6, 6.07) is 13.6. The molecule has 0 fully saturated rings. The highest BCUT2D eigenvalue weighted by atomic mass is 16.4. The molecule has 0 saturated carbocycles. The Kier molecular flexibility index (Phi) is 4.13. The van der Waals surface area contributed by atoms with Gasteiger partial charge in [-0.25, -0.2) is 9.78 Å². The van der Waals surface area contributed by atoms with Crippen molar-refractivity contribution in [3.05, 3.63) is 59.9 Å². The van der Waals surface area contributed by atoms with Crippen LogP contribution >= 0.6 is 0 Å². The standard InChI is InChI=1S/C15H16N2O2/c1-17(11-9-12-6-3-2-4-7-12)13-8-5-10-16-14(13)15(18)19/h2-8,10H,9,11H2,1H3,(H,18,19). The van der Waals surface area contributed by atoms with Crippen molar-refractivity contribution >= 4 is 11.7 Å². The number of hydrogen-bond acceptors (Lipinski definition) is 3. The van der Waals surface area contributed by atoms with Gasteiger partial charge in [-0.05, 0) is 24.1 Å². The van der Waals surface area contributed by atoms with E-state index in [0.29, 0.717) is 5.69 Å². The Hall–Kier alpha value is -2.36. The first-order chi connectivity index (χ1) is 9.18. The van der Waals surface area contributed by atoms with E-state index in [2.05, 4.69) is 17.1 Å². The average molecular weight is 256 g/mol. The van der Waals surface area contributed by atoms with E-state index in [0.717, 1.165) is 13.0 Å². The number of likely N-dealkylation sites (N-methyl/N-ethyl adjacent to an activating group) is 1. The van der Waals surface area contributed by atoms with Gasteiger partial charge in [-0.3, -0.25) is 0 Å². The van der Waals surface area contributed by atoms with E-state index in [1.807, 2.05) is 30.1 Å². The van der Waals surface area contributed by atoms with Crippen LogP contribution in [0.15, 0.2) is 48.7 Å². The quantitative estimate of drug-likeness (QED) is 0.892. The zero-order valence-electron chi connectivity index (χ0n) is 10.8. The second-order valence-electron chi connectivity index (χ2n) is 4.33. The molecule has 0 unspecified atom stereocenters. The van der Waals surface area contributed by atoms with Gasteiger partial charge in [0.25, 0.3) is 0 Å². The third-order valence-corrected chi connectivity index (χ3v) is 2.98. The first-order valence-corrected chi connectivity index (χ1v) is 6.12. The van der Waals surface area contributed by atoms with E-state index in [-0.39, 0.29) is 5.69 Å². The lowest BCUT2D eigenvalue weighted by Gasteiger charge is -2.20. The van der Waals surface area contributed by atoms with Gasteiger partial charge in [-0.1, -0.05) is 30.3 Å². The molecule has 0 aliphatic carbocycles. The highest BCUT2D eigenvalue weighted by Gasteiger charge is 2.14. The van der Waals surface area contributed by atoms with Gasteiger partial charge in [0.2, 0.25) is 0 Å². The van der Waals surface area contributed by atoms with E-state index >= 15 is 0 Å². The predicted molar refractivity (Wildman–Crippen MR) is 74.6 cm³/mol. The lowest BCUT2D eigenvalue weighted by Crippen LogP contribution is -2.23. The first kappa shape index (κ1) is 13.1. The van der Waals surface area contributed by atoms with Gasteiger partial charge in [0.1, 0.15) is 0 Å². The van der Waals surface area contributed by atoms with Crippen LogP contribution in [-0.2, 0) is 6.42 Å². The molecule has 0 aliphatic rings.